The van der Waals surface area contributed by atoms with Crippen LogP contribution in [-0.4, -0.2) is 55.1 Å². The van der Waals surface area contributed by atoms with Crippen molar-refractivity contribution in [2.75, 3.05) is 42.5 Å². The summed E-state index contributed by atoms with van der Waals surface area (Å²) < 4.78 is 0. The normalized spacial score (nSPS) is 23.2. The number of aryl methyl sites for hydroxylation is 1. The van der Waals surface area contributed by atoms with Crippen LogP contribution < -0.4 is 15.1 Å². The van der Waals surface area contributed by atoms with Crippen LogP contribution >= 0.6 is 0 Å². The summed E-state index contributed by atoms with van der Waals surface area (Å²) in [5, 5.41) is 3.04. The molecule has 3 amide bonds. The maximum absolute atomic E-state index is 13.2. The quantitative estimate of drug-likeness (QED) is 0.813. The molecular weight excluding hydrogens is 352 g/mol. The summed E-state index contributed by atoms with van der Waals surface area (Å²) in [5.74, 6) is -0.0666. The van der Waals surface area contributed by atoms with Crippen molar-refractivity contribution in [3.05, 3.63) is 23.8 Å². The third-order valence-electron chi connectivity index (χ3n) is 6.72. The van der Waals surface area contributed by atoms with E-state index in [1.54, 1.807) is 0 Å². The number of nitrogens with one attached hydrogen (secondary N) is 1. The van der Waals surface area contributed by atoms with E-state index in [0.29, 0.717) is 5.69 Å². The predicted molar refractivity (Wildman–Crippen MR) is 112 cm³/mol. The molecule has 0 atom stereocenters. The number of anilines is 2. The van der Waals surface area contributed by atoms with Gasteiger partial charge < -0.3 is 15.1 Å². The molecule has 1 N–H and O–H groups in total. The Bertz CT molecular complexity index is 747. The summed E-state index contributed by atoms with van der Waals surface area (Å²) in [5.41, 5.74) is 2.33. The summed E-state index contributed by atoms with van der Waals surface area (Å²) in [7, 11) is 0. The second-order valence-electron chi connectivity index (χ2n) is 8.46. The minimum atomic E-state index is -0.684. The van der Waals surface area contributed by atoms with Gasteiger partial charge >= 0.3 is 6.03 Å². The molecule has 0 radical (unpaired) electrons. The highest BCUT2D eigenvalue weighted by Crippen LogP contribution is 2.36. The molecule has 3 fully saturated rings. The first-order valence-corrected chi connectivity index (χ1v) is 10.8. The number of hydrogen-bond donors (Lipinski definition) is 1. The number of likely N-dealkylation sites (N-methyl/N-ethyl adjacent to an activating group) is 1. The predicted octanol–water partition coefficient (Wildman–Crippen LogP) is 3.29. The number of piperazine rings is 1. The van der Waals surface area contributed by atoms with Gasteiger partial charge in [-0.2, -0.15) is 0 Å². The van der Waals surface area contributed by atoms with Crippen LogP contribution in [-0.2, 0) is 4.79 Å². The van der Waals surface area contributed by atoms with Crippen LogP contribution in [0.2, 0.25) is 0 Å². The molecule has 0 aromatic heterocycles. The van der Waals surface area contributed by atoms with E-state index in [1.807, 2.05) is 12.1 Å². The van der Waals surface area contributed by atoms with Crippen molar-refractivity contribution in [3.63, 3.8) is 0 Å². The molecule has 3 aliphatic rings. The monoisotopic (exact) mass is 384 g/mol. The maximum atomic E-state index is 13.2. The molecule has 1 saturated carbocycles. The van der Waals surface area contributed by atoms with Crippen molar-refractivity contribution >= 4 is 23.3 Å². The largest absolute Gasteiger partial charge is 0.369 e. The van der Waals surface area contributed by atoms with Crippen LogP contribution in [0.3, 0.4) is 0 Å². The summed E-state index contributed by atoms with van der Waals surface area (Å²) >= 11 is 0. The number of amides is 3. The molecule has 1 spiro atoms. The lowest BCUT2D eigenvalue weighted by atomic mass is 9.90. The number of benzene rings is 1. The van der Waals surface area contributed by atoms with E-state index < -0.39 is 5.54 Å². The highest BCUT2D eigenvalue weighted by molar-refractivity contribution is 6.23. The van der Waals surface area contributed by atoms with Crippen molar-refractivity contribution in [1.82, 2.24) is 10.2 Å². The number of urea groups is 1. The molecule has 28 heavy (non-hydrogen) atoms. The molecule has 1 aromatic rings. The van der Waals surface area contributed by atoms with E-state index in [0.717, 1.165) is 76.8 Å². The first-order chi connectivity index (χ1) is 13.5. The Morgan fingerprint density at radius 1 is 1.00 bits per heavy atom. The summed E-state index contributed by atoms with van der Waals surface area (Å²) in [6.07, 6.45) is 5.80. The standard InChI is InChI=1S/C22H32N4O2/c1-3-24-12-14-25(15-13-24)19-9-8-18(16-17(19)2)26-20(27)22(23-21(26)28)10-6-4-5-7-11-22/h8-9,16H,3-7,10-15H2,1-2H3,(H,23,28). The molecule has 6 heteroatoms. The fraction of sp³-hybridized carbons (Fsp3) is 0.636. The molecule has 2 aliphatic heterocycles. The van der Waals surface area contributed by atoms with Gasteiger partial charge in [0.2, 0.25) is 0 Å². The SMILES string of the molecule is CCN1CCN(c2ccc(N3C(=O)NC4(CCCCCC4)C3=O)cc2C)CC1. The fourth-order valence-corrected chi connectivity index (χ4v) is 4.96. The number of imide groups is 1. The molecule has 4 rings (SSSR count). The smallest absolute Gasteiger partial charge is 0.329 e. The molecule has 6 nitrogen and oxygen atoms in total. The van der Waals surface area contributed by atoms with E-state index in [-0.39, 0.29) is 11.9 Å². The number of rotatable bonds is 3. The van der Waals surface area contributed by atoms with Gasteiger partial charge in [0.25, 0.3) is 5.91 Å². The molecule has 0 bridgehead atoms. The van der Waals surface area contributed by atoms with Gasteiger partial charge in [-0.3, -0.25) is 4.79 Å². The Hall–Kier alpha value is -2.08. The highest BCUT2D eigenvalue weighted by Gasteiger charge is 2.51. The van der Waals surface area contributed by atoms with Crippen LogP contribution in [0.4, 0.5) is 16.2 Å². The molecule has 2 heterocycles. The molecule has 152 valence electrons. The molecule has 0 unspecified atom stereocenters. The van der Waals surface area contributed by atoms with Crippen molar-refractivity contribution < 1.29 is 9.59 Å². The van der Waals surface area contributed by atoms with Crippen molar-refractivity contribution in [1.29, 1.82) is 0 Å². The Balaban J connectivity index is 1.54. The summed E-state index contributed by atoms with van der Waals surface area (Å²) in [4.78, 5) is 32.2. The zero-order valence-corrected chi connectivity index (χ0v) is 17.2. The average Bonchev–Trinajstić information content (AvgIpc) is 2.84. The van der Waals surface area contributed by atoms with E-state index in [4.69, 9.17) is 0 Å². The lowest BCUT2D eigenvalue weighted by molar-refractivity contribution is -0.122. The van der Waals surface area contributed by atoms with Crippen molar-refractivity contribution in [2.24, 2.45) is 0 Å². The van der Waals surface area contributed by atoms with Gasteiger partial charge in [0.1, 0.15) is 5.54 Å². The summed E-state index contributed by atoms with van der Waals surface area (Å²) in [6, 6.07) is 5.73. The van der Waals surface area contributed by atoms with Crippen LogP contribution in [0, 0.1) is 6.92 Å². The van der Waals surface area contributed by atoms with Gasteiger partial charge in [-0.05, 0) is 50.1 Å². The number of carbonyl (C=O) groups is 2. The zero-order valence-electron chi connectivity index (χ0n) is 17.2. The zero-order chi connectivity index (χ0) is 19.7. The molecule has 2 saturated heterocycles. The Morgan fingerprint density at radius 2 is 1.68 bits per heavy atom. The second kappa shape index (κ2) is 7.74. The third-order valence-corrected chi connectivity index (χ3v) is 6.72. The third kappa shape index (κ3) is 3.39. The van der Waals surface area contributed by atoms with Gasteiger partial charge in [0.15, 0.2) is 0 Å². The first-order valence-electron chi connectivity index (χ1n) is 10.8. The minimum Gasteiger partial charge on any atom is -0.369 e. The van der Waals surface area contributed by atoms with Crippen molar-refractivity contribution in [2.45, 2.75) is 57.9 Å². The van der Waals surface area contributed by atoms with E-state index in [1.165, 1.54) is 10.6 Å². The van der Waals surface area contributed by atoms with Crippen LogP contribution in [0.5, 0.6) is 0 Å². The molecular formula is C22H32N4O2. The van der Waals surface area contributed by atoms with Crippen molar-refractivity contribution in [3.8, 4) is 0 Å². The van der Waals surface area contributed by atoms with Crippen LogP contribution in [0.1, 0.15) is 51.0 Å². The maximum Gasteiger partial charge on any atom is 0.329 e. The van der Waals surface area contributed by atoms with Crippen LogP contribution in [0.25, 0.3) is 0 Å². The first kappa shape index (κ1) is 19.2. The van der Waals surface area contributed by atoms with Gasteiger partial charge in [-0.1, -0.05) is 32.6 Å². The lowest BCUT2D eigenvalue weighted by Crippen LogP contribution is -2.46. The topological polar surface area (TPSA) is 55.9 Å². The summed E-state index contributed by atoms with van der Waals surface area (Å²) in [6.45, 7) is 9.56. The van der Waals surface area contributed by atoms with Crippen LogP contribution in [0.15, 0.2) is 18.2 Å². The lowest BCUT2D eigenvalue weighted by Gasteiger charge is -2.36. The number of carbonyl (C=O) groups excluding carboxylic acids is 2. The highest BCUT2D eigenvalue weighted by atomic mass is 16.2. The Labute approximate surface area is 167 Å². The van der Waals surface area contributed by atoms with E-state index in [2.05, 4.69) is 35.0 Å². The van der Waals surface area contributed by atoms with E-state index in [9.17, 15) is 9.59 Å². The average molecular weight is 385 g/mol. The minimum absolute atomic E-state index is 0.0666. The molecule has 1 aromatic carbocycles. The van der Waals surface area contributed by atoms with Gasteiger partial charge in [0.05, 0.1) is 5.69 Å². The number of hydrogen-bond acceptors (Lipinski definition) is 4. The van der Waals surface area contributed by atoms with Gasteiger partial charge in [0, 0.05) is 31.9 Å². The van der Waals surface area contributed by atoms with E-state index >= 15 is 0 Å². The van der Waals surface area contributed by atoms with Gasteiger partial charge in [-0.15, -0.1) is 0 Å². The Kier molecular flexibility index (Phi) is 5.32. The fourth-order valence-electron chi connectivity index (χ4n) is 4.96. The second-order valence-corrected chi connectivity index (χ2v) is 8.46. The number of nitrogens with zero attached hydrogens (tertiary/aromatic N) is 3. The Morgan fingerprint density at radius 3 is 2.29 bits per heavy atom. The molecule has 1 aliphatic carbocycles. The van der Waals surface area contributed by atoms with Gasteiger partial charge in [-0.25, -0.2) is 9.69 Å².